The fourth-order valence-corrected chi connectivity index (χ4v) is 3.02. The Labute approximate surface area is 97.1 Å². The van der Waals surface area contributed by atoms with E-state index in [1.54, 1.807) is 7.11 Å². The van der Waals surface area contributed by atoms with Crippen molar-refractivity contribution >= 4 is 0 Å². The molecule has 4 nitrogen and oxygen atoms in total. The minimum absolute atomic E-state index is 0.303. The molecule has 94 valence electrons. The van der Waals surface area contributed by atoms with Crippen LogP contribution < -0.4 is 5.73 Å². The fourth-order valence-electron chi connectivity index (χ4n) is 3.02. The Morgan fingerprint density at radius 2 is 2.31 bits per heavy atom. The molecule has 3 N–H and O–H groups in total. The summed E-state index contributed by atoms with van der Waals surface area (Å²) < 4.78 is 10.8. The summed E-state index contributed by atoms with van der Waals surface area (Å²) in [5.41, 5.74) is 4.83. The second-order valence-corrected chi connectivity index (χ2v) is 5.27. The topological polar surface area (TPSA) is 64.7 Å². The number of rotatable bonds is 5. The first-order chi connectivity index (χ1) is 7.68. The zero-order chi connectivity index (χ0) is 11.6. The molecule has 2 aliphatic rings. The van der Waals surface area contributed by atoms with E-state index in [0.29, 0.717) is 25.7 Å². The summed E-state index contributed by atoms with van der Waals surface area (Å²) in [6, 6.07) is 0. The van der Waals surface area contributed by atoms with E-state index in [1.165, 1.54) is 0 Å². The van der Waals surface area contributed by atoms with E-state index < -0.39 is 5.60 Å². The van der Waals surface area contributed by atoms with Crippen molar-refractivity contribution in [3.63, 3.8) is 0 Å². The molecule has 0 aromatic heterocycles. The molecule has 0 radical (unpaired) electrons. The third-order valence-electron chi connectivity index (χ3n) is 4.25. The van der Waals surface area contributed by atoms with Gasteiger partial charge in [0.2, 0.25) is 0 Å². The van der Waals surface area contributed by atoms with Gasteiger partial charge in [0, 0.05) is 25.7 Å². The highest BCUT2D eigenvalue weighted by Gasteiger charge is 2.58. The van der Waals surface area contributed by atoms with Gasteiger partial charge in [0.05, 0.1) is 18.8 Å². The maximum absolute atomic E-state index is 10.9. The van der Waals surface area contributed by atoms with Gasteiger partial charge in [-0.3, -0.25) is 0 Å². The largest absolute Gasteiger partial charge is 0.386 e. The first-order valence-electron chi connectivity index (χ1n) is 6.18. The predicted octanol–water partition coefficient (Wildman–Crippen LogP) is 0.529. The second kappa shape index (κ2) is 4.61. The monoisotopic (exact) mass is 229 g/mol. The van der Waals surface area contributed by atoms with E-state index in [1.807, 2.05) is 0 Å². The summed E-state index contributed by atoms with van der Waals surface area (Å²) >= 11 is 0. The van der Waals surface area contributed by atoms with Gasteiger partial charge < -0.3 is 20.3 Å². The fraction of sp³-hybridized carbons (Fsp3) is 1.00. The minimum Gasteiger partial charge on any atom is -0.386 e. The van der Waals surface area contributed by atoms with Crippen LogP contribution in [0.2, 0.25) is 0 Å². The lowest BCUT2D eigenvalue weighted by atomic mass is 9.66. The molecule has 0 aromatic carbocycles. The zero-order valence-corrected chi connectivity index (χ0v) is 10.1. The molecular formula is C12H23NO3. The van der Waals surface area contributed by atoms with Crippen molar-refractivity contribution in [2.45, 2.75) is 31.3 Å². The van der Waals surface area contributed by atoms with Gasteiger partial charge in [0.15, 0.2) is 0 Å². The highest BCUT2D eigenvalue weighted by atomic mass is 16.5. The van der Waals surface area contributed by atoms with Gasteiger partial charge in [0.1, 0.15) is 0 Å². The molecule has 1 aliphatic heterocycles. The molecule has 1 saturated heterocycles. The third kappa shape index (κ3) is 1.88. The van der Waals surface area contributed by atoms with Gasteiger partial charge in [-0.2, -0.15) is 0 Å². The highest BCUT2D eigenvalue weighted by molar-refractivity contribution is 5.08. The van der Waals surface area contributed by atoms with Gasteiger partial charge in [-0.15, -0.1) is 0 Å². The molecule has 16 heavy (non-hydrogen) atoms. The summed E-state index contributed by atoms with van der Waals surface area (Å²) in [5, 5.41) is 10.9. The van der Waals surface area contributed by atoms with Crippen LogP contribution in [-0.2, 0) is 9.47 Å². The standard InChI is InChI=1S/C12H23NO3/c1-15-9-12(14,10-3-4-10)11(7-13)5-2-6-16-8-11/h10,14H,2-9,13H2,1H3. The Bertz CT molecular complexity index is 234. The molecule has 2 unspecified atom stereocenters. The molecular weight excluding hydrogens is 206 g/mol. The van der Waals surface area contributed by atoms with Crippen LogP contribution in [0.5, 0.6) is 0 Å². The van der Waals surface area contributed by atoms with Gasteiger partial charge in [-0.1, -0.05) is 0 Å². The molecule has 0 aromatic rings. The Morgan fingerprint density at radius 3 is 2.75 bits per heavy atom. The third-order valence-corrected chi connectivity index (χ3v) is 4.25. The molecule has 1 saturated carbocycles. The summed E-state index contributed by atoms with van der Waals surface area (Å²) in [5.74, 6) is 0.345. The highest BCUT2D eigenvalue weighted by Crippen LogP contribution is 2.51. The lowest BCUT2D eigenvalue weighted by molar-refractivity contribution is -0.179. The Kier molecular flexibility index (Phi) is 3.54. The van der Waals surface area contributed by atoms with Crippen LogP contribution in [0.3, 0.4) is 0 Å². The molecule has 2 fully saturated rings. The molecule has 2 atom stereocenters. The molecule has 0 bridgehead atoms. The number of methoxy groups -OCH3 is 1. The quantitative estimate of drug-likeness (QED) is 0.722. The van der Waals surface area contributed by atoms with Crippen molar-refractivity contribution in [2.24, 2.45) is 17.1 Å². The van der Waals surface area contributed by atoms with Crippen molar-refractivity contribution in [3.8, 4) is 0 Å². The van der Waals surface area contributed by atoms with Gasteiger partial charge in [-0.25, -0.2) is 0 Å². The summed E-state index contributed by atoms with van der Waals surface area (Å²) in [6.45, 7) is 2.21. The maximum atomic E-state index is 10.9. The van der Waals surface area contributed by atoms with Crippen molar-refractivity contribution < 1.29 is 14.6 Å². The van der Waals surface area contributed by atoms with Crippen LogP contribution in [0, 0.1) is 11.3 Å². The van der Waals surface area contributed by atoms with Crippen LogP contribution in [0.15, 0.2) is 0 Å². The Hall–Kier alpha value is -0.160. The normalized spacial score (nSPS) is 34.7. The maximum Gasteiger partial charge on any atom is 0.0997 e. The summed E-state index contributed by atoms with van der Waals surface area (Å²) in [6.07, 6.45) is 4.10. The first kappa shape index (κ1) is 12.3. The molecule has 0 amide bonds. The zero-order valence-electron chi connectivity index (χ0n) is 10.1. The molecule has 0 spiro atoms. The van der Waals surface area contributed by atoms with Gasteiger partial charge in [-0.05, 0) is 31.6 Å². The van der Waals surface area contributed by atoms with E-state index >= 15 is 0 Å². The predicted molar refractivity (Wildman–Crippen MR) is 61.1 cm³/mol. The van der Waals surface area contributed by atoms with Crippen LogP contribution in [-0.4, -0.2) is 44.2 Å². The smallest absolute Gasteiger partial charge is 0.0997 e. The lowest BCUT2D eigenvalue weighted by Gasteiger charge is -2.48. The van der Waals surface area contributed by atoms with E-state index in [9.17, 15) is 5.11 Å². The van der Waals surface area contributed by atoms with Crippen molar-refractivity contribution in [2.75, 3.05) is 33.5 Å². The van der Waals surface area contributed by atoms with E-state index in [2.05, 4.69) is 0 Å². The van der Waals surface area contributed by atoms with Crippen LogP contribution >= 0.6 is 0 Å². The number of hydrogen-bond acceptors (Lipinski definition) is 4. The molecule has 1 aliphatic carbocycles. The number of hydrogen-bond donors (Lipinski definition) is 2. The molecule has 4 heteroatoms. The SMILES string of the molecule is COCC(O)(C1CC1)C1(CN)CCCOC1. The van der Waals surface area contributed by atoms with E-state index in [-0.39, 0.29) is 5.41 Å². The Balaban J connectivity index is 2.20. The summed E-state index contributed by atoms with van der Waals surface area (Å²) in [4.78, 5) is 0. The Morgan fingerprint density at radius 1 is 1.56 bits per heavy atom. The van der Waals surface area contributed by atoms with Crippen LogP contribution in [0.25, 0.3) is 0 Å². The second-order valence-electron chi connectivity index (χ2n) is 5.27. The molecule has 2 rings (SSSR count). The van der Waals surface area contributed by atoms with Gasteiger partial charge >= 0.3 is 0 Å². The number of aliphatic hydroxyl groups is 1. The average molecular weight is 229 g/mol. The van der Waals surface area contributed by atoms with E-state index in [0.717, 1.165) is 32.3 Å². The van der Waals surface area contributed by atoms with Gasteiger partial charge in [0.25, 0.3) is 0 Å². The molecule has 1 heterocycles. The summed E-state index contributed by atoms with van der Waals surface area (Å²) in [7, 11) is 1.64. The average Bonchev–Trinajstić information content (AvgIpc) is 3.14. The number of ether oxygens (including phenoxy) is 2. The van der Waals surface area contributed by atoms with Crippen molar-refractivity contribution in [3.05, 3.63) is 0 Å². The van der Waals surface area contributed by atoms with E-state index in [4.69, 9.17) is 15.2 Å². The van der Waals surface area contributed by atoms with Crippen molar-refractivity contribution in [1.29, 1.82) is 0 Å². The lowest BCUT2D eigenvalue weighted by Crippen LogP contribution is -2.60. The van der Waals surface area contributed by atoms with Crippen LogP contribution in [0.4, 0.5) is 0 Å². The van der Waals surface area contributed by atoms with Crippen LogP contribution in [0.1, 0.15) is 25.7 Å². The van der Waals surface area contributed by atoms with Crippen molar-refractivity contribution in [1.82, 2.24) is 0 Å². The first-order valence-corrected chi connectivity index (χ1v) is 6.18. The minimum atomic E-state index is -0.795. The number of nitrogens with two attached hydrogens (primary N) is 1.